The lowest BCUT2D eigenvalue weighted by molar-refractivity contribution is 0.340. The largest absolute Gasteiger partial charge is 0.496 e. The molecule has 1 atom stereocenters. The third-order valence-electron chi connectivity index (χ3n) is 4.93. The van der Waals surface area contributed by atoms with Crippen LogP contribution in [0, 0.1) is 6.92 Å². The van der Waals surface area contributed by atoms with Crippen molar-refractivity contribution in [3.05, 3.63) is 58.8 Å². The molecule has 4 nitrogen and oxygen atoms in total. The number of nitrogens with one attached hydrogen (secondary N) is 2. The molecule has 1 aromatic heterocycles. The predicted octanol–water partition coefficient (Wildman–Crippen LogP) is 4.12. The van der Waals surface area contributed by atoms with E-state index in [0.29, 0.717) is 6.61 Å². The Kier molecular flexibility index (Phi) is 4.14. The van der Waals surface area contributed by atoms with Crippen molar-refractivity contribution < 1.29 is 9.47 Å². The smallest absolute Gasteiger partial charge is 0.124 e. The van der Waals surface area contributed by atoms with Gasteiger partial charge in [-0.2, -0.15) is 0 Å². The van der Waals surface area contributed by atoms with Gasteiger partial charge in [-0.25, -0.2) is 0 Å². The average molecular weight is 336 g/mol. The minimum atomic E-state index is 0.113. The number of methoxy groups -OCH3 is 1. The van der Waals surface area contributed by atoms with Crippen LogP contribution in [0.5, 0.6) is 11.5 Å². The van der Waals surface area contributed by atoms with Gasteiger partial charge in [-0.1, -0.05) is 17.7 Å². The lowest BCUT2D eigenvalue weighted by Gasteiger charge is -2.26. The molecule has 0 spiro atoms. The van der Waals surface area contributed by atoms with E-state index in [4.69, 9.17) is 9.47 Å². The Morgan fingerprint density at radius 2 is 2.04 bits per heavy atom. The summed E-state index contributed by atoms with van der Waals surface area (Å²) in [5.74, 6) is 1.85. The Hall–Kier alpha value is -2.46. The summed E-state index contributed by atoms with van der Waals surface area (Å²) in [7, 11) is 1.73. The highest BCUT2D eigenvalue weighted by Crippen LogP contribution is 2.38. The third-order valence-corrected chi connectivity index (χ3v) is 4.93. The maximum absolute atomic E-state index is 5.69. The van der Waals surface area contributed by atoms with Crippen LogP contribution in [0.2, 0.25) is 0 Å². The molecule has 25 heavy (non-hydrogen) atoms. The second-order valence-corrected chi connectivity index (χ2v) is 6.54. The number of ether oxygens (including phenoxy) is 2. The van der Waals surface area contributed by atoms with Crippen molar-refractivity contribution in [3.63, 3.8) is 0 Å². The highest BCUT2D eigenvalue weighted by molar-refractivity contribution is 5.86. The van der Waals surface area contributed by atoms with Gasteiger partial charge in [0.1, 0.15) is 11.5 Å². The standard InChI is InChI=1S/C21H24N2O2/c1-4-25-14-6-7-18-16(12-14)15-9-10-22-20(21(15)23-18)17-11-13(2)5-8-19(17)24-3/h5-8,11-12,20,22-23H,4,9-10H2,1-3H3. The highest BCUT2D eigenvalue weighted by atomic mass is 16.5. The number of hydrogen-bond donors (Lipinski definition) is 2. The first-order valence-corrected chi connectivity index (χ1v) is 8.86. The molecule has 0 saturated heterocycles. The monoisotopic (exact) mass is 336 g/mol. The molecule has 2 aromatic carbocycles. The zero-order chi connectivity index (χ0) is 17.4. The molecule has 4 rings (SSSR count). The van der Waals surface area contributed by atoms with Crippen LogP contribution in [0.4, 0.5) is 0 Å². The molecule has 0 radical (unpaired) electrons. The van der Waals surface area contributed by atoms with Gasteiger partial charge in [0.2, 0.25) is 0 Å². The molecule has 0 fully saturated rings. The number of fused-ring (bicyclic) bond motifs is 3. The minimum Gasteiger partial charge on any atom is -0.496 e. The molecule has 2 N–H and O–H groups in total. The van der Waals surface area contributed by atoms with Crippen LogP contribution in [0.1, 0.15) is 35.3 Å². The van der Waals surface area contributed by atoms with Crippen molar-refractivity contribution in [1.29, 1.82) is 0 Å². The second-order valence-electron chi connectivity index (χ2n) is 6.54. The van der Waals surface area contributed by atoms with E-state index in [1.165, 1.54) is 27.8 Å². The molecule has 3 aromatic rings. The van der Waals surface area contributed by atoms with Gasteiger partial charge in [0.15, 0.2) is 0 Å². The predicted molar refractivity (Wildman–Crippen MR) is 101 cm³/mol. The summed E-state index contributed by atoms with van der Waals surface area (Å²) in [6.07, 6.45) is 1.01. The van der Waals surface area contributed by atoms with Crippen molar-refractivity contribution in [2.75, 3.05) is 20.3 Å². The van der Waals surface area contributed by atoms with Crippen LogP contribution in [-0.2, 0) is 6.42 Å². The molecule has 4 heteroatoms. The summed E-state index contributed by atoms with van der Waals surface area (Å²) in [6, 6.07) is 12.8. The van der Waals surface area contributed by atoms with Crippen molar-refractivity contribution in [3.8, 4) is 11.5 Å². The second kappa shape index (κ2) is 6.45. The van der Waals surface area contributed by atoms with Crippen LogP contribution in [-0.4, -0.2) is 25.2 Å². The Labute approximate surface area is 148 Å². The van der Waals surface area contributed by atoms with Crippen molar-refractivity contribution in [1.82, 2.24) is 10.3 Å². The summed E-state index contributed by atoms with van der Waals surface area (Å²) in [6.45, 7) is 5.76. The lowest BCUT2D eigenvalue weighted by Crippen LogP contribution is -2.30. The Morgan fingerprint density at radius 3 is 2.84 bits per heavy atom. The number of aromatic amines is 1. The topological polar surface area (TPSA) is 46.3 Å². The molecular formula is C21H24N2O2. The molecule has 0 aliphatic carbocycles. The normalized spacial score (nSPS) is 16.7. The molecule has 1 aliphatic heterocycles. The number of aryl methyl sites for hydroxylation is 1. The number of H-pyrrole nitrogens is 1. The van der Waals surface area contributed by atoms with Gasteiger partial charge in [-0.3, -0.25) is 0 Å². The Balaban J connectivity index is 1.85. The summed E-state index contributed by atoms with van der Waals surface area (Å²) in [5, 5.41) is 4.91. The first kappa shape index (κ1) is 16.0. The first-order valence-electron chi connectivity index (χ1n) is 8.86. The number of aromatic nitrogens is 1. The molecule has 1 unspecified atom stereocenters. The quantitative estimate of drug-likeness (QED) is 0.753. The number of benzene rings is 2. The van der Waals surface area contributed by atoms with Crippen molar-refractivity contribution >= 4 is 10.9 Å². The van der Waals surface area contributed by atoms with Gasteiger partial charge >= 0.3 is 0 Å². The molecule has 0 amide bonds. The fraction of sp³-hybridized carbons (Fsp3) is 0.333. The van der Waals surface area contributed by atoms with E-state index in [2.05, 4.69) is 47.6 Å². The first-order chi connectivity index (χ1) is 12.2. The highest BCUT2D eigenvalue weighted by Gasteiger charge is 2.27. The minimum absolute atomic E-state index is 0.113. The number of hydrogen-bond acceptors (Lipinski definition) is 3. The Bertz CT molecular complexity index is 914. The summed E-state index contributed by atoms with van der Waals surface area (Å²) >= 11 is 0. The zero-order valence-corrected chi connectivity index (χ0v) is 15.0. The third kappa shape index (κ3) is 2.76. The molecule has 1 aliphatic rings. The van der Waals surface area contributed by atoms with E-state index >= 15 is 0 Å². The van der Waals surface area contributed by atoms with Gasteiger partial charge in [0.05, 0.1) is 19.8 Å². The van der Waals surface area contributed by atoms with Gasteiger partial charge in [-0.05, 0) is 50.1 Å². The van der Waals surface area contributed by atoms with Crippen LogP contribution >= 0.6 is 0 Å². The average Bonchev–Trinajstić information content (AvgIpc) is 3.00. The van der Waals surface area contributed by atoms with Gasteiger partial charge < -0.3 is 19.8 Å². The van der Waals surface area contributed by atoms with Crippen LogP contribution in [0.15, 0.2) is 36.4 Å². The fourth-order valence-corrected chi connectivity index (χ4v) is 3.81. The van der Waals surface area contributed by atoms with Crippen molar-refractivity contribution in [2.24, 2.45) is 0 Å². The zero-order valence-electron chi connectivity index (χ0n) is 15.0. The summed E-state index contributed by atoms with van der Waals surface area (Å²) in [5.41, 5.74) is 6.19. The van der Waals surface area contributed by atoms with E-state index < -0.39 is 0 Å². The van der Waals surface area contributed by atoms with Gasteiger partial charge in [-0.15, -0.1) is 0 Å². The van der Waals surface area contributed by atoms with Crippen LogP contribution in [0.25, 0.3) is 10.9 Å². The van der Waals surface area contributed by atoms with Crippen LogP contribution < -0.4 is 14.8 Å². The maximum atomic E-state index is 5.69. The van der Waals surface area contributed by atoms with E-state index in [1.807, 2.05) is 13.0 Å². The molecule has 2 heterocycles. The molecule has 0 bridgehead atoms. The van der Waals surface area contributed by atoms with Gasteiger partial charge in [0, 0.05) is 28.7 Å². The SMILES string of the molecule is CCOc1ccc2[nH]c3c(c2c1)CCNC3c1cc(C)ccc1OC. The number of rotatable bonds is 4. The van der Waals surface area contributed by atoms with E-state index in [1.54, 1.807) is 7.11 Å². The van der Waals surface area contributed by atoms with E-state index in [0.717, 1.165) is 30.0 Å². The molecule has 130 valence electrons. The summed E-state index contributed by atoms with van der Waals surface area (Å²) in [4.78, 5) is 3.63. The Morgan fingerprint density at radius 1 is 1.16 bits per heavy atom. The summed E-state index contributed by atoms with van der Waals surface area (Å²) < 4.78 is 11.3. The fourth-order valence-electron chi connectivity index (χ4n) is 3.81. The van der Waals surface area contributed by atoms with E-state index in [-0.39, 0.29) is 6.04 Å². The molecular weight excluding hydrogens is 312 g/mol. The van der Waals surface area contributed by atoms with Gasteiger partial charge in [0.25, 0.3) is 0 Å². The maximum Gasteiger partial charge on any atom is 0.124 e. The van der Waals surface area contributed by atoms with Crippen molar-refractivity contribution in [2.45, 2.75) is 26.3 Å². The van der Waals surface area contributed by atoms with E-state index in [9.17, 15) is 0 Å². The van der Waals surface area contributed by atoms with Crippen LogP contribution in [0.3, 0.4) is 0 Å². The molecule has 0 saturated carbocycles. The lowest BCUT2D eigenvalue weighted by atomic mass is 9.93.